The molecule has 0 spiro atoms. The lowest BCUT2D eigenvalue weighted by atomic mass is 10.0. The van der Waals surface area contributed by atoms with Crippen molar-refractivity contribution in [1.29, 1.82) is 0 Å². The Morgan fingerprint density at radius 2 is 2.05 bits per heavy atom. The van der Waals surface area contributed by atoms with E-state index in [4.69, 9.17) is 9.84 Å². The summed E-state index contributed by atoms with van der Waals surface area (Å²) < 4.78 is 5.37. The van der Waals surface area contributed by atoms with E-state index >= 15 is 0 Å². The number of para-hydroxylation sites is 1. The van der Waals surface area contributed by atoms with Crippen LogP contribution >= 0.6 is 0 Å². The van der Waals surface area contributed by atoms with Gasteiger partial charge in [0, 0.05) is 12.5 Å². The number of carboxylic acids is 1. The Balaban J connectivity index is 2.41. The summed E-state index contributed by atoms with van der Waals surface area (Å²) in [6, 6.07) is 8.47. The fourth-order valence-corrected chi connectivity index (χ4v) is 2.20. The predicted octanol–water partition coefficient (Wildman–Crippen LogP) is 2.81. The molecule has 0 amide bonds. The van der Waals surface area contributed by atoms with Gasteiger partial charge in [0.15, 0.2) is 0 Å². The lowest BCUT2D eigenvalue weighted by molar-refractivity contribution is -0.137. The Morgan fingerprint density at radius 3 is 2.70 bits per heavy atom. The minimum atomic E-state index is -0.713. The van der Waals surface area contributed by atoms with Gasteiger partial charge in [-0.15, -0.1) is 0 Å². The fourth-order valence-electron chi connectivity index (χ4n) is 2.20. The van der Waals surface area contributed by atoms with Crippen LogP contribution in [0.1, 0.15) is 31.7 Å². The molecule has 1 aromatic carbocycles. The highest BCUT2D eigenvalue weighted by Crippen LogP contribution is 2.20. The highest BCUT2D eigenvalue weighted by molar-refractivity contribution is 5.66. The number of benzene rings is 1. The molecular weight excluding hydrogens is 254 g/mol. The van der Waals surface area contributed by atoms with Gasteiger partial charge < -0.3 is 14.7 Å². The number of carboxylic acid groups (broad SMARTS) is 1. The van der Waals surface area contributed by atoms with E-state index in [0.717, 1.165) is 31.6 Å². The van der Waals surface area contributed by atoms with Crippen LogP contribution in [0, 0.1) is 0 Å². The minimum absolute atomic E-state index is 0.259. The standard InChI is InChI=1S/C16H25NO3/c1-13(17(2)11-7-6-10-16(18)19)12-14-8-4-5-9-15(14)20-3/h4-5,8-9,13H,6-7,10-12H2,1-3H3,(H,18,19). The number of rotatable bonds is 9. The van der Waals surface area contributed by atoms with Crippen LogP contribution in [-0.2, 0) is 11.2 Å². The molecular formula is C16H25NO3. The summed E-state index contributed by atoms with van der Waals surface area (Å²) in [5.41, 5.74) is 1.21. The summed E-state index contributed by atoms with van der Waals surface area (Å²) in [7, 11) is 3.78. The van der Waals surface area contributed by atoms with Crippen molar-refractivity contribution in [3.63, 3.8) is 0 Å². The number of carbonyl (C=O) groups is 1. The second-order valence-electron chi connectivity index (χ2n) is 5.20. The highest BCUT2D eigenvalue weighted by Gasteiger charge is 2.12. The lowest BCUT2D eigenvalue weighted by Crippen LogP contribution is -2.31. The number of unbranched alkanes of at least 4 members (excludes halogenated alkanes) is 1. The maximum absolute atomic E-state index is 10.5. The van der Waals surface area contributed by atoms with Gasteiger partial charge in [0.05, 0.1) is 7.11 Å². The maximum atomic E-state index is 10.5. The molecule has 0 aliphatic heterocycles. The molecule has 0 aromatic heterocycles. The first-order valence-corrected chi connectivity index (χ1v) is 7.08. The number of likely N-dealkylation sites (N-methyl/N-ethyl adjacent to an activating group) is 1. The van der Waals surface area contributed by atoms with Crippen LogP contribution < -0.4 is 4.74 Å². The zero-order valence-electron chi connectivity index (χ0n) is 12.6. The third kappa shape index (κ3) is 5.61. The molecule has 1 atom stereocenters. The minimum Gasteiger partial charge on any atom is -0.496 e. The molecule has 4 nitrogen and oxygen atoms in total. The van der Waals surface area contributed by atoms with Crippen molar-refractivity contribution in [1.82, 2.24) is 4.90 Å². The van der Waals surface area contributed by atoms with Crippen LogP contribution in [0.3, 0.4) is 0 Å². The molecule has 1 rings (SSSR count). The van der Waals surface area contributed by atoms with Crippen molar-refractivity contribution in [2.75, 3.05) is 20.7 Å². The van der Waals surface area contributed by atoms with E-state index in [1.54, 1.807) is 7.11 Å². The molecule has 0 saturated carbocycles. The quantitative estimate of drug-likeness (QED) is 0.706. The molecule has 1 unspecified atom stereocenters. The Bertz CT molecular complexity index is 420. The first-order chi connectivity index (χ1) is 9.54. The Hall–Kier alpha value is -1.55. The largest absolute Gasteiger partial charge is 0.496 e. The molecule has 1 N–H and O–H groups in total. The summed E-state index contributed by atoms with van der Waals surface area (Å²) >= 11 is 0. The van der Waals surface area contributed by atoms with E-state index in [2.05, 4.69) is 24.9 Å². The molecule has 112 valence electrons. The molecule has 0 fully saturated rings. The normalized spacial score (nSPS) is 12.4. The summed E-state index contributed by atoms with van der Waals surface area (Å²) in [5, 5.41) is 8.61. The zero-order chi connectivity index (χ0) is 15.0. The van der Waals surface area contributed by atoms with Crippen molar-refractivity contribution >= 4 is 5.97 Å². The van der Waals surface area contributed by atoms with E-state index in [0.29, 0.717) is 6.04 Å². The van der Waals surface area contributed by atoms with Gasteiger partial charge in [0.25, 0.3) is 0 Å². The monoisotopic (exact) mass is 279 g/mol. The van der Waals surface area contributed by atoms with Gasteiger partial charge in [-0.2, -0.15) is 0 Å². The zero-order valence-corrected chi connectivity index (χ0v) is 12.6. The van der Waals surface area contributed by atoms with E-state index in [-0.39, 0.29) is 6.42 Å². The van der Waals surface area contributed by atoms with Crippen LogP contribution in [0.5, 0.6) is 5.75 Å². The second-order valence-corrected chi connectivity index (χ2v) is 5.20. The van der Waals surface area contributed by atoms with E-state index in [9.17, 15) is 4.79 Å². The number of ether oxygens (including phenoxy) is 1. The molecule has 4 heteroatoms. The molecule has 0 saturated heterocycles. The van der Waals surface area contributed by atoms with Crippen molar-refractivity contribution in [3.05, 3.63) is 29.8 Å². The van der Waals surface area contributed by atoms with Crippen molar-refractivity contribution in [2.24, 2.45) is 0 Å². The Kier molecular flexibility index (Phi) is 7.09. The SMILES string of the molecule is COc1ccccc1CC(C)N(C)CCCCC(=O)O. The molecule has 0 aliphatic rings. The molecule has 0 aliphatic carbocycles. The van der Waals surface area contributed by atoms with Crippen LogP contribution in [0.2, 0.25) is 0 Å². The summed E-state index contributed by atoms with van der Waals surface area (Å²) in [6.45, 7) is 3.10. The number of aliphatic carboxylic acids is 1. The Labute approximate surface area is 121 Å². The Morgan fingerprint density at radius 1 is 1.35 bits per heavy atom. The van der Waals surface area contributed by atoms with Gasteiger partial charge in [-0.1, -0.05) is 18.2 Å². The molecule has 0 heterocycles. The van der Waals surface area contributed by atoms with Crippen LogP contribution in [0.25, 0.3) is 0 Å². The lowest BCUT2D eigenvalue weighted by Gasteiger charge is -2.25. The highest BCUT2D eigenvalue weighted by atomic mass is 16.5. The number of hydrogen-bond donors (Lipinski definition) is 1. The van der Waals surface area contributed by atoms with Gasteiger partial charge in [-0.05, 0) is 51.4 Å². The molecule has 1 aromatic rings. The smallest absolute Gasteiger partial charge is 0.303 e. The first kappa shape index (κ1) is 16.5. The third-order valence-corrected chi connectivity index (χ3v) is 3.61. The molecule has 0 radical (unpaired) electrons. The topological polar surface area (TPSA) is 49.8 Å². The number of hydrogen-bond acceptors (Lipinski definition) is 3. The maximum Gasteiger partial charge on any atom is 0.303 e. The van der Waals surface area contributed by atoms with Gasteiger partial charge in [-0.3, -0.25) is 4.79 Å². The summed E-state index contributed by atoms with van der Waals surface area (Å²) in [5.74, 6) is 0.216. The van der Waals surface area contributed by atoms with Crippen molar-refractivity contribution in [2.45, 2.75) is 38.6 Å². The van der Waals surface area contributed by atoms with Crippen molar-refractivity contribution in [3.8, 4) is 5.75 Å². The number of methoxy groups -OCH3 is 1. The average molecular weight is 279 g/mol. The van der Waals surface area contributed by atoms with E-state index in [1.807, 2.05) is 18.2 Å². The van der Waals surface area contributed by atoms with E-state index in [1.165, 1.54) is 5.56 Å². The van der Waals surface area contributed by atoms with Gasteiger partial charge in [0.2, 0.25) is 0 Å². The van der Waals surface area contributed by atoms with Crippen molar-refractivity contribution < 1.29 is 14.6 Å². The molecule has 0 bridgehead atoms. The first-order valence-electron chi connectivity index (χ1n) is 7.08. The van der Waals surface area contributed by atoms with Gasteiger partial charge in [0.1, 0.15) is 5.75 Å². The summed E-state index contributed by atoms with van der Waals surface area (Å²) in [6.07, 6.45) is 2.84. The number of nitrogens with zero attached hydrogens (tertiary/aromatic N) is 1. The second kappa shape index (κ2) is 8.59. The van der Waals surface area contributed by atoms with Crippen LogP contribution in [0.4, 0.5) is 0 Å². The van der Waals surface area contributed by atoms with Gasteiger partial charge in [-0.25, -0.2) is 0 Å². The van der Waals surface area contributed by atoms with Crippen LogP contribution in [-0.4, -0.2) is 42.7 Å². The fraction of sp³-hybridized carbons (Fsp3) is 0.562. The molecule has 20 heavy (non-hydrogen) atoms. The average Bonchev–Trinajstić information content (AvgIpc) is 2.43. The van der Waals surface area contributed by atoms with Gasteiger partial charge >= 0.3 is 5.97 Å². The van der Waals surface area contributed by atoms with Crippen LogP contribution in [0.15, 0.2) is 24.3 Å². The predicted molar refractivity (Wildman–Crippen MR) is 80.3 cm³/mol. The third-order valence-electron chi connectivity index (χ3n) is 3.61. The summed E-state index contributed by atoms with van der Waals surface area (Å²) in [4.78, 5) is 12.7. The van der Waals surface area contributed by atoms with E-state index < -0.39 is 5.97 Å².